The quantitative estimate of drug-likeness (QED) is 0.503. The van der Waals surface area contributed by atoms with E-state index in [1.807, 2.05) is 31.2 Å². The van der Waals surface area contributed by atoms with E-state index >= 15 is 0 Å². The molecular weight excluding hydrogens is 432 g/mol. The molecular formula is C28H32O6. The van der Waals surface area contributed by atoms with Gasteiger partial charge in [-0.15, -0.1) is 0 Å². The number of rotatable bonds is 4. The van der Waals surface area contributed by atoms with E-state index in [1.54, 1.807) is 12.2 Å². The topological polar surface area (TPSA) is 85.2 Å². The van der Waals surface area contributed by atoms with Crippen molar-refractivity contribution < 1.29 is 29.2 Å². The first-order valence-electron chi connectivity index (χ1n) is 11.9. The van der Waals surface area contributed by atoms with Crippen LogP contribution in [0.3, 0.4) is 0 Å². The summed E-state index contributed by atoms with van der Waals surface area (Å²) < 4.78 is 16.2. The molecule has 4 aliphatic rings. The van der Waals surface area contributed by atoms with Crippen molar-refractivity contribution in [2.24, 2.45) is 22.7 Å². The van der Waals surface area contributed by atoms with Gasteiger partial charge in [0, 0.05) is 11.3 Å². The third kappa shape index (κ3) is 3.69. The highest BCUT2D eigenvalue weighted by Crippen LogP contribution is 2.61. The van der Waals surface area contributed by atoms with Gasteiger partial charge in [-0.1, -0.05) is 44.2 Å². The second-order valence-electron chi connectivity index (χ2n) is 10.5. The molecule has 1 aromatic rings. The summed E-state index contributed by atoms with van der Waals surface area (Å²) in [6, 6.07) is 5.58. The van der Waals surface area contributed by atoms with Crippen LogP contribution in [0.5, 0.6) is 11.5 Å². The Kier molecular flexibility index (Phi) is 5.69. The molecule has 0 amide bonds. The molecule has 5 atom stereocenters. The van der Waals surface area contributed by atoms with Crippen LogP contribution in [0.1, 0.15) is 45.1 Å². The molecule has 0 saturated heterocycles. The molecule has 2 heterocycles. The van der Waals surface area contributed by atoms with Crippen molar-refractivity contribution in [2.45, 2.75) is 45.6 Å². The van der Waals surface area contributed by atoms with E-state index in [2.05, 4.69) is 19.6 Å². The Balaban J connectivity index is 1.39. The zero-order valence-electron chi connectivity index (χ0n) is 19.8. The molecule has 2 aliphatic heterocycles. The summed E-state index contributed by atoms with van der Waals surface area (Å²) in [7, 11) is 0. The lowest BCUT2D eigenvalue weighted by Crippen LogP contribution is -2.57. The molecule has 6 nitrogen and oxygen atoms in total. The van der Waals surface area contributed by atoms with Crippen molar-refractivity contribution in [3.05, 3.63) is 65.5 Å². The normalized spacial score (nSPS) is 36.1. The van der Waals surface area contributed by atoms with E-state index in [9.17, 15) is 15.0 Å². The number of hydrogen-bond donors (Lipinski definition) is 2. The molecule has 2 saturated carbocycles. The standard InChI is InChI=1S/C28H32O6/c1-17-4-9-24-27(2,11-10-25(30)28(24,3)15-29)21(17)7-6-19-14-20(34-26(19)31)12-18-5-8-22-23(13-18)33-16-32-22/h5-8,12-14,21,24-25,29-30H,1,4,9-11,15-16H2,2-3H3/b7-6+,20-12-/t21-,24+,25-,27+,28+/m1/s1. The molecule has 0 unspecified atom stereocenters. The van der Waals surface area contributed by atoms with Crippen LogP contribution in [0.15, 0.2) is 59.9 Å². The fraction of sp³-hybridized carbons (Fsp3) is 0.464. The summed E-state index contributed by atoms with van der Waals surface area (Å²) in [4.78, 5) is 12.6. The SMILES string of the molecule is C=C1CC[C@@H]2[C@](C)(CO)[C@H](O)CC[C@@]2(C)[C@@H]1/C=C/C1=CC(=C/c2ccc3c(c2)OCO3)/OC1=O. The van der Waals surface area contributed by atoms with Crippen LogP contribution in [-0.2, 0) is 9.53 Å². The summed E-state index contributed by atoms with van der Waals surface area (Å²) >= 11 is 0. The molecule has 6 heteroatoms. The molecule has 2 aliphatic carbocycles. The molecule has 5 rings (SSSR count). The van der Waals surface area contributed by atoms with Gasteiger partial charge in [-0.2, -0.15) is 0 Å². The van der Waals surface area contributed by atoms with Gasteiger partial charge >= 0.3 is 5.97 Å². The van der Waals surface area contributed by atoms with E-state index in [1.165, 1.54) is 0 Å². The Bertz CT molecular complexity index is 1110. The van der Waals surface area contributed by atoms with Crippen LogP contribution < -0.4 is 9.47 Å². The van der Waals surface area contributed by atoms with Gasteiger partial charge in [0.15, 0.2) is 11.5 Å². The minimum absolute atomic E-state index is 0.0389. The molecule has 34 heavy (non-hydrogen) atoms. The van der Waals surface area contributed by atoms with Crippen molar-refractivity contribution in [1.82, 2.24) is 0 Å². The minimum Gasteiger partial charge on any atom is -0.454 e. The number of ether oxygens (including phenoxy) is 3. The third-order valence-electron chi connectivity index (χ3n) is 8.47. The molecule has 0 bridgehead atoms. The first-order chi connectivity index (χ1) is 16.2. The van der Waals surface area contributed by atoms with Crippen LogP contribution in [0.4, 0.5) is 0 Å². The summed E-state index contributed by atoms with van der Waals surface area (Å²) in [5.41, 5.74) is 1.80. The van der Waals surface area contributed by atoms with Crippen molar-refractivity contribution in [2.75, 3.05) is 13.4 Å². The fourth-order valence-electron chi connectivity index (χ4n) is 6.45. The number of esters is 1. The van der Waals surface area contributed by atoms with Gasteiger partial charge in [0.25, 0.3) is 0 Å². The van der Waals surface area contributed by atoms with Crippen molar-refractivity contribution in [1.29, 1.82) is 0 Å². The maximum atomic E-state index is 12.6. The lowest BCUT2D eigenvalue weighted by Gasteiger charge is -2.59. The monoisotopic (exact) mass is 464 g/mol. The molecule has 0 radical (unpaired) electrons. The zero-order valence-corrected chi connectivity index (χ0v) is 19.8. The third-order valence-corrected chi connectivity index (χ3v) is 8.47. The van der Waals surface area contributed by atoms with Crippen LogP contribution in [-0.4, -0.2) is 35.7 Å². The average molecular weight is 465 g/mol. The van der Waals surface area contributed by atoms with E-state index in [0.29, 0.717) is 29.3 Å². The van der Waals surface area contributed by atoms with E-state index in [-0.39, 0.29) is 36.6 Å². The number of cyclic esters (lactones) is 1. The van der Waals surface area contributed by atoms with Gasteiger partial charge < -0.3 is 24.4 Å². The molecule has 2 fully saturated rings. The minimum atomic E-state index is -0.536. The first kappa shape index (κ1) is 22.9. The Labute approximate surface area is 200 Å². The summed E-state index contributed by atoms with van der Waals surface area (Å²) in [5.74, 6) is 1.69. The van der Waals surface area contributed by atoms with Crippen molar-refractivity contribution >= 4 is 12.0 Å². The maximum absolute atomic E-state index is 12.6. The summed E-state index contributed by atoms with van der Waals surface area (Å²) in [5, 5.41) is 20.9. The highest BCUT2D eigenvalue weighted by Gasteiger charge is 2.57. The predicted molar refractivity (Wildman–Crippen MR) is 128 cm³/mol. The molecule has 180 valence electrons. The number of aliphatic hydroxyl groups is 2. The van der Waals surface area contributed by atoms with Gasteiger partial charge in [-0.3, -0.25) is 0 Å². The number of fused-ring (bicyclic) bond motifs is 2. The largest absolute Gasteiger partial charge is 0.454 e. The van der Waals surface area contributed by atoms with Crippen LogP contribution >= 0.6 is 0 Å². The van der Waals surface area contributed by atoms with Gasteiger partial charge in [0.2, 0.25) is 6.79 Å². The van der Waals surface area contributed by atoms with Crippen LogP contribution in [0.25, 0.3) is 6.08 Å². The smallest absolute Gasteiger partial charge is 0.343 e. The number of aliphatic hydroxyl groups excluding tert-OH is 2. The van der Waals surface area contributed by atoms with Gasteiger partial charge in [0.1, 0.15) is 5.76 Å². The summed E-state index contributed by atoms with van der Waals surface area (Å²) in [6.45, 7) is 8.75. The zero-order chi connectivity index (χ0) is 24.1. The Morgan fingerprint density at radius 2 is 2.00 bits per heavy atom. The number of benzene rings is 1. The lowest BCUT2D eigenvalue weighted by atomic mass is 9.46. The Hall–Kier alpha value is -2.83. The molecule has 0 spiro atoms. The lowest BCUT2D eigenvalue weighted by molar-refractivity contribution is -0.145. The Morgan fingerprint density at radius 1 is 1.21 bits per heavy atom. The highest BCUT2D eigenvalue weighted by atomic mass is 16.7. The number of hydrogen-bond acceptors (Lipinski definition) is 6. The first-order valence-corrected chi connectivity index (χ1v) is 11.9. The fourth-order valence-corrected chi connectivity index (χ4v) is 6.45. The molecule has 0 aromatic heterocycles. The summed E-state index contributed by atoms with van der Waals surface area (Å²) in [6.07, 6.45) is 10.2. The van der Waals surface area contributed by atoms with E-state index in [0.717, 1.165) is 30.4 Å². The van der Waals surface area contributed by atoms with E-state index in [4.69, 9.17) is 14.2 Å². The van der Waals surface area contributed by atoms with Crippen molar-refractivity contribution in [3.8, 4) is 11.5 Å². The second kappa shape index (κ2) is 8.43. The highest BCUT2D eigenvalue weighted by molar-refractivity contribution is 5.96. The number of carbonyl (C=O) groups excluding carboxylic acids is 1. The van der Waals surface area contributed by atoms with Gasteiger partial charge in [0.05, 0.1) is 18.3 Å². The molecule has 1 aromatic carbocycles. The van der Waals surface area contributed by atoms with Gasteiger partial charge in [-0.05, 0) is 66.9 Å². The van der Waals surface area contributed by atoms with Crippen LogP contribution in [0.2, 0.25) is 0 Å². The van der Waals surface area contributed by atoms with Crippen molar-refractivity contribution in [3.63, 3.8) is 0 Å². The predicted octanol–water partition coefficient (Wildman–Crippen LogP) is 4.54. The van der Waals surface area contributed by atoms with E-state index < -0.39 is 11.5 Å². The van der Waals surface area contributed by atoms with Gasteiger partial charge in [-0.25, -0.2) is 4.79 Å². The number of carbonyl (C=O) groups is 1. The van der Waals surface area contributed by atoms with Crippen LogP contribution in [0, 0.1) is 22.7 Å². The molecule has 2 N–H and O–H groups in total. The Morgan fingerprint density at radius 3 is 2.79 bits per heavy atom. The average Bonchev–Trinajstić information content (AvgIpc) is 3.41. The second-order valence-corrected chi connectivity index (χ2v) is 10.5. The number of allylic oxidation sites excluding steroid dienone is 3. The maximum Gasteiger partial charge on any atom is 0.343 e.